The predicted octanol–water partition coefficient (Wildman–Crippen LogP) is 2.12. The second-order valence-electron chi connectivity index (χ2n) is 3.95. The molecule has 0 saturated heterocycles. The van der Waals surface area contributed by atoms with Crippen LogP contribution in [0.15, 0.2) is 30.3 Å². The summed E-state index contributed by atoms with van der Waals surface area (Å²) in [7, 11) is 0. The van der Waals surface area contributed by atoms with E-state index in [1.54, 1.807) is 0 Å². The average molecular weight is 269 g/mol. The summed E-state index contributed by atoms with van der Waals surface area (Å²) in [5.41, 5.74) is 0. The van der Waals surface area contributed by atoms with Crippen molar-refractivity contribution in [3.8, 4) is 0 Å². The van der Waals surface area contributed by atoms with Gasteiger partial charge in [0, 0.05) is 0 Å². The average Bonchev–Trinajstić information content (AvgIpc) is 2.03. The summed E-state index contributed by atoms with van der Waals surface area (Å²) >= 11 is -2.57. The van der Waals surface area contributed by atoms with Gasteiger partial charge in [-0.1, -0.05) is 0 Å². The van der Waals surface area contributed by atoms with Crippen molar-refractivity contribution < 1.29 is 3.08 Å². The zero-order valence-electron chi connectivity index (χ0n) is 7.79. The van der Waals surface area contributed by atoms with Gasteiger partial charge in [0.1, 0.15) is 0 Å². The van der Waals surface area contributed by atoms with E-state index in [1.807, 2.05) is 30.3 Å². The fourth-order valence-electron chi connectivity index (χ4n) is 1.02. The summed E-state index contributed by atoms with van der Waals surface area (Å²) in [5.74, 6) is 0. The molecule has 0 atom stereocenters. The summed E-state index contributed by atoms with van der Waals surface area (Å²) in [6.07, 6.45) is 0. The van der Waals surface area contributed by atoms with Gasteiger partial charge in [0.2, 0.25) is 0 Å². The van der Waals surface area contributed by atoms with E-state index in [1.165, 1.54) is 0 Å². The predicted molar refractivity (Wildman–Crippen MR) is 52.2 cm³/mol. The molecule has 1 nitrogen and oxygen atoms in total. The van der Waals surface area contributed by atoms with E-state index >= 15 is 0 Å². The standard InChI is InChI=1S/C6H5.C4H9.O.Sn/c1-2-4-6-5-3-1;1-4(2)3;;/h1-5H;1-3H3;;. The van der Waals surface area contributed by atoms with E-state index in [4.69, 9.17) is 0 Å². The molecular weight excluding hydrogens is 255 g/mol. The quantitative estimate of drug-likeness (QED) is 0.713. The van der Waals surface area contributed by atoms with Crippen LogP contribution in [-0.4, -0.2) is 19.7 Å². The van der Waals surface area contributed by atoms with Crippen LogP contribution in [0, 0.1) is 0 Å². The Bertz CT molecular complexity index is 272. The second-order valence-corrected chi connectivity index (χ2v) is 11.8. The van der Waals surface area contributed by atoms with Gasteiger partial charge >= 0.3 is 80.9 Å². The maximum absolute atomic E-state index is 11.9. The third-order valence-corrected chi connectivity index (χ3v) is 8.05. The Morgan fingerprint density at radius 2 is 1.58 bits per heavy atom. The molecule has 0 aromatic heterocycles. The molecule has 0 aliphatic heterocycles. The van der Waals surface area contributed by atoms with Crippen LogP contribution in [0.2, 0.25) is 3.43 Å². The van der Waals surface area contributed by atoms with E-state index in [0.29, 0.717) is 0 Å². The summed E-state index contributed by atoms with van der Waals surface area (Å²) in [5, 5.41) is 0. The minimum absolute atomic E-state index is 0.00356. The van der Waals surface area contributed by atoms with Crippen molar-refractivity contribution in [2.75, 3.05) is 0 Å². The van der Waals surface area contributed by atoms with Crippen LogP contribution in [-0.2, 0) is 3.08 Å². The third-order valence-electron chi connectivity index (χ3n) is 1.72. The second kappa shape index (κ2) is 3.69. The van der Waals surface area contributed by atoms with Gasteiger partial charge in [0.05, 0.1) is 0 Å². The van der Waals surface area contributed by atoms with E-state index in [0.717, 1.165) is 3.58 Å². The topological polar surface area (TPSA) is 17.1 Å². The molecule has 64 valence electrons. The molecule has 0 saturated carbocycles. The summed E-state index contributed by atoms with van der Waals surface area (Å²) < 4.78 is 13.0. The Balaban J connectivity index is 2.94. The number of benzene rings is 1. The van der Waals surface area contributed by atoms with Crippen LogP contribution in [0.25, 0.3) is 0 Å². The fourth-order valence-corrected chi connectivity index (χ4v) is 4.91. The maximum atomic E-state index is 11.9. The molecule has 1 rings (SSSR count). The van der Waals surface area contributed by atoms with Gasteiger partial charge in [0.25, 0.3) is 0 Å². The number of hydrogen-bond acceptors (Lipinski definition) is 1. The Labute approximate surface area is 80.9 Å². The van der Waals surface area contributed by atoms with Gasteiger partial charge in [-0.3, -0.25) is 0 Å². The molecule has 1 aromatic rings. The van der Waals surface area contributed by atoms with Crippen LogP contribution in [0.1, 0.15) is 20.8 Å². The summed E-state index contributed by atoms with van der Waals surface area (Å²) in [4.78, 5) is 0. The Morgan fingerprint density at radius 3 is 2.00 bits per heavy atom. The van der Waals surface area contributed by atoms with Crippen LogP contribution in [0.3, 0.4) is 0 Å². The molecule has 0 amide bonds. The molecule has 0 aliphatic rings. The van der Waals surface area contributed by atoms with Crippen LogP contribution in [0.4, 0.5) is 0 Å². The zero-order valence-corrected chi connectivity index (χ0v) is 10.6. The third kappa shape index (κ3) is 2.40. The molecule has 1 aromatic carbocycles. The van der Waals surface area contributed by atoms with Crippen LogP contribution >= 0.6 is 0 Å². The molecule has 0 radical (unpaired) electrons. The van der Waals surface area contributed by atoms with E-state index in [9.17, 15) is 3.08 Å². The van der Waals surface area contributed by atoms with Gasteiger partial charge in [0.15, 0.2) is 0 Å². The molecule has 0 aliphatic carbocycles. The van der Waals surface area contributed by atoms with Crippen molar-refractivity contribution >= 4 is 23.3 Å². The van der Waals surface area contributed by atoms with Crippen molar-refractivity contribution in [2.24, 2.45) is 0 Å². The normalized spacial score (nSPS) is 11.2. The van der Waals surface area contributed by atoms with Crippen LogP contribution < -0.4 is 3.58 Å². The fraction of sp³-hybridized carbons (Fsp3) is 0.400. The van der Waals surface area contributed by atoms with E-state index in [2.05, 4.69) is 20.8 Å². The van der Waals surface area contributed by atoms with Crippen molar-refractivity contribution in [1.82, 2.24) is 0 Å². The molecule has 2 heteroatoms. The molecule has 0 unspecified atom stereocenters. The molecule has 0 fully saturated rings. The SMILES string of the molecule is C[C](C)(C)[Sn](=[O])[c]1ccccc1. The molecule has 0 heterocycles. The van der Waals surface area contributed by atoms with E-state index in [-0.39, 0.29) is 3.43 Å². The van der Waals surface area contributed by atoms with Crippen molar-refractivity contribution in [3.05, 3.63) is 30.3 Å². The Hall–Kier alpha value is -0.181. The van der Waals surface area contributed by atoms with Gasteiger partial charge < -0.3 is 0 Å². The zero-order chi connectivity index (χ0) is 9.19. The van der Waals surface area contributed by atoms with Crippen LogP contribution in [0.5, 0.6) is 0 Å². The van der Waals surface area contributed by atoms with Gasteiger partial charge in [-0.05, 0) is 0 Å². The first kappa shape index (κ1) is 9.90. The van der Waals surface area contributed by atoms with Crippen molar-refractivity contribution in [1.29, 1.82) is 0 Å². The van der Waals surface area contributed by atoms with E-state index < -0.39 is 19.7 Å². The molecule has 0 N–H and O–H groups in total. The monoisotopic (exact) mass is 270 g/mol. The molecule has 0 bridgehead atoms. The number of hydrogen-bond donors (Lipinski definition) is 0. The first-order valence-corrected chi connectivity index (χ1v) is 8.13. The van der Waals surface area contributed by atoms with Crippen molar-refractivity contribution in [2.45, 2.75) is 24.2 Å². The van der Waals surface area contributed by atoms with Gasteiger partial charge in [-0.15, -0.1) is 0 Å². The molecule has 12 heavy (non-hydrogen) atoms. The summed E-state index contributed by atoms with van der Waals surface area (Å²) in [6.45, 7) is 6.17. The Morgan fingerprint density at radius 1 is 1.08 bits per heavy atom. The first-order valence-electron chi connectivity index (χ1n) is 4.11. The minimum atomic E-state index is -2.57. The van der Waals surface area contributed by atoms with Crippen molar-refractivity contribution in [3.63, 3.8) is 0 Å². The van der Waals surface area contributed by atoms with Gasteiger partial charge in [-0.25, -0.2) is 0 Å². The molecular formula is C10H14OSn. The molecule has 0 spiro atoms. The summed E-state index contributed by atoms with van der Waals surface area (Å²) in [6, 6.07) is 9.84. The van der Waals surface area contributed by atoms with Gasteiger partial charge in [-0.2, -0.15) is 0 Å². The number of rotatable bonds is 1. The first-order chi connectivity index (χ1) is 5.52. The Kier molecular flexibility index (Phi) is 3.04.